The summed E-state index contributed by atoms with van der Waals surface area (Å²) < 4.78 is 40.8. The topological polar surface area (TPSA) is 26.0 Å². The zero-order valence-electron chi connectivity index (χ0n) is 10.8. The summed E-state index contributed by atoms with van der Waals surface area (Å²) in [5.41, 5.74) is 7.15. The molecule has 1 nitrogen and oxygen atoms in total. The number of hydrogen-bond acceptors (Lipinski definition) is 1. The smallest absolute Gasteiger partial charge is 0.130 e. The molecule has 2 aromatic carbocycles. The molecule has 0 saturated heterocycles. The average Bonchev–Trinajstić information content (AvgIpc) is 2.32. The van der Waals surface area contributed by atoms with Crippen LogP contribution in [0.3, 0.4) is 0 Å². The molecule has 5 heteroatoms. The van der Waals surface area contributed by atoms with Gasteiger partial charge in [0, 0.05) is 22.1 Å². The van der Waals surface area contributed by atoms with Crippen LogP contribution in [0.1, 0.15) is 22.7 Å². The van der Waals surface area contributed by atoms with E-state index in [0.717, 1.165) is 6.07 Å². The van der Waals surface area contributed by atoms with Crippen LogP contribution in [0.5, 0.6) is 0 Å². The molecule has 0 fully saturated rings. The highest BCUT2D eigenvalue weighted by Gasteiger charge is 2.15. The second kappa shape index (κ2) is 5.97. The summed E-state index contributed by atoms with van der Waals surface area (Å²) in [5.74, 6) is -1.68. The van der Waals surface area contributed by atoms with E-state index in [2.05, 4.69) is 15.9 Å². The van der Waals surface area contributed by atoms with Crippen molar-refractivity contribution in [3.8, 4) is 0 Å². The van der Waals surface area contributed by atoms with E-state index in [0.29, 0.717) is 15.6 Å². The number of hydrogen-bond donors (Lipinski definition) is 1. The van der Waals surface area contributed by atoms with Gasteiger partial charge in [-0.15, -0.1) is 0 Å². The van der Waals surface area contributed by atoms with E-state index in [9.17, 15) is 13.2 Å². The molecule has 106 valence electrons. The molecule has 2 rings (SSSR count). The quantitative estimate of drug-likeness (QED) is 0.877. The van der Waals surface area contributed by atoms with Gasteiger partial charge in [-0.25, -0.2) is 13.2 Å². The van der Waals surface area contributed by atoms with Gasteiger partial charge in [0.2, 0.25) is 0 Å². The second-order valence-corrected chi connectivity index (χ2v) is 5.63. The van der Waals surface area contributed by atoms with E-state index in [1.165, 1.54) is 18.2 Å². The lowest BCUT2D eigenvalue weighted by Gasteiger charge is -2.14. The van der Waals surface area contributed by atoms with Gasteiger partial charge < -0.3 is 5.73 Å². The summed E-state index contributed by atoms with van der Waals surface area (Å²) in [6.07, 6.45) is 0.262. The van der Waals surface area contributed by atoms with Crippen molar-refractivity contribution in [2.45, 2.75) is 19.4 Å². The summed E-state index contributed by atoms with van der Waals surface area (Å²) in [6.45, 7) is 1.55. The first-order valence-electron chi connectivity index (χ1n) is 6.03. The third-order valence-electron chi connectivity index (χ3n) is 3.06. The van der Waals surface area contributed by atoms with E-state index in [1.807, 2.05) is 0 Å². The number of aryl methyl sites for hydroxylation is 1. The maximum atomic E-state index is 13.7. The van der Waals surface area contributed by atoms with Gasteiger partial charge in [-0.05, 0) is 48.7 Å². The number of rotatable bonds is 3. The molecular weight excluding hydrogens is 331 g/mol. The first-order chi connectivity index (χ1) is 9.36. The zero-order chi connectivity index (χ0) is 14.9. The third-order valence-corrected chi connectivity index (χ3v) is 3.51. The molecule has 2 N–H and O–H groups in total. The van der Waals surface area contributed by atoms with Crippen LogP contribution in [-0.2, 0) is 6.42 Å². The molecule has 0 saturated carbocycles. The van der Waals surface area contributed by atoms with Gasteiger partial charge in [0.25, 0.3) is 0 Å². The van der Waals surface area contributed by atoms with Gasteiger partial charge in [0.1, 0.15) is 17.5 Å². The van der Waals surface area contributed by atoms with E-state index in [1.54, 1.807) is 13.0 Å². The van der Waals surface area contributed by atoms with Crippen molar-refractivity contribution in [2.24, 2.45) is 5.73 Å². The molecule has 0 heterocycles. The van der Waals surface area contributed by atoms with Crippen molar-refractivity contribution in [3.05, 3.63) is 68.9 Å². The third kappa shape index (κ3) is 3.41. The monoisotopic (exact) mass is 343 g/mol. The highest BCUT2D eigenvalue weighted by atomic mass is 79.9. The van der Waals surface area contributed by atoms with Crippen molar-refractivity contribution in [3.63, 3.8) is 0 Å². The lowest BCUT2D eigenvalue weighted by atomic mass is 9.97. The van der Waals surface area contributed by atoms with Crippen LogP contribution in [0.2, 0.25) is 0 Å². The van der Waals surface area contributed by atoms with E-state index in [4.69, 9.17) is 5.73 Å². The normalized spacial score (nSPS) is 12.5. The molecule has 0 spiro atoms. The van der Waals surface area contributed by atoms with Crippen molar-refractivity contribution >= 4 is 15.9 Å². The Bertz CT molecular complexity index is 623. The fourth-order valence-corrected chi connectivity index (χ4v) is 2.57. The second-order valence-electron chi connectivity index (χ2n) is 4.71. The van der Waals surface area contributed by atoms with Crippen LogP contribution < -0.4 is 5.73 Å². The molecule has 0 aromatic heterocycles. The minimum Gasteiger partial charge on any atom is -0.324 e. The molecular formula is C15H13BrF3N. The highest BCUT2D eigenvalue weighted by molar-refractivity contribution is 9.10. The summed E-state index contributed by atoms with van der Waals surface area (Å²) >= 11 is 3.19. The molecule has 0 aliphatic carbocycles. The Labute approximate surface area is 123 Å². The van der Waals surface area contributed by atoms with Gasteiger partial charge in [0.05, 0.1) is 0 Å². The molecule has 1 atom stereocenters. The lowest BCUT2D eigenvalue weighted by molar-refractivity contribution is 0.549. The number of nitrogens with two attached hydrogens (primary N) is 1. The minimum absolute atomic E-state index is 0.226. The Morgan fingerprint density at radius 1 is 1.05 bits per heavy atom. The Hall–Kier alpha value is -1.33. The number of benzene rings is 2. The van der Waals surface area contributed by atoms with Gasteiger partial charge in [-0.2, -0.15) is 0 Å². The Balaban J connectivity index is 2.28. The predicted octanol–water partition coefficient (Wildman–Crippen LogP) is 4.42. The fourth-order valence-electron chi connectivity index (χ4n) is 2.06. The van der Waals surface area contributed by atoms with Crippen molar-refractivity contribution in [1.82, 2.24) is 0 Å². The zero-order valence-corrected chi connectivity index (χ0v) is 12.3. The van der Waals surface area contributed by atoms with Crippen molar-refractivity contribution in [2.75, 3.05) is 0 Å². The Kier molecular flexibility index (Phi) is 4.50. The maximum Gasteiger partial charge on any atom is 0.130 e. The molecule has 0 bridgehead atoms. The van der Waals surface area contributed by atoms with Crippen LogP contribution in [0.25, 0.3) is 0 Å². The van der Waals surface area contributed by atoms with E-state index < -0.39 is 23.5 Å². The van der Waals surface area contributed by atoms with Crippen LogP contribution in [0.15, 0.2) is 34.8 Å². The van der Waals surface area contributed by atoms with Gasteiger partial charge in [-0.3, -0.25) is 0 Å². The van der Waals surface area contributed by atoms with E-state index in [-0.39, 0.29) is 12.0 Å². The van der Waals surface area contributed by atoms with Crippen LogP contribution in [0, 0.1) is 24.4 Å². The SMILES string of the molecule is Cc1cc(C(N)Cc2cc(F)cc(Br)c2)c(F)cc1F. The van der Waals surface area contributed by atoms with Crippen molar-refractivity contribution in [1.29, 1.82) is 0 Å². The maximum absolute atomic E-state index is 13.7. The first kappa shape index (κ1) is 15.1. The number of halogens is 4. The molecule has 0 aliphatic heterocycles. The Morgan fingerprint density at radius 3 is 2.40 bits per heavy atom. The summed E-state index contributed by atoms with van der Waals surface area (Å²) in [6, 6.07) is 5.95. The molecule has 2 aromatic rings. The predicted molar refractivity (Wildman–Crippen MR) is 75.8 cm³/mol. The van der Waals surface area contributed by atoms with Crippen LogP contribution in [0.4, 0.5) is 13.2 Å². The Morgan fingerprint density at radius 2 is 1.75 bits per heavy atom. The van der Waals surface area contributed by atoms with Crippen LogP contribution >= 0.6 is 15.9 Å². The van der Waals surface area contributed by atoms with Gasteiger partial charge in [0.15, 0.2) is 0 Å². The van der Waals surface area contributed by atoms with Gasteiger partial charge in [-0.1, -0.05) is 15.9 Å². The van der Waals surface area contributed by atoms with E-state index >= 15 is 0 Å². The standard InChI is InChI=1S/C15H13BrF3N/c1-8-2-12(14(19)7-13(8)18)15(20)5-9-3-10(16)6-11(17)4-9/h2-4,6-7,15H,5,20H2,1H3. The molecule has 0 radical (unpaired) electrons. The lowest BCUT2D eigenvalue weighted by Crippen LogP contribution is -2.16. The minimum atomic E-state index is -0.684. The molecule has 0 amide bonds. The van der Waals surface area contributed by atoms with Gasteiger partial charge >= 0.3 is 0 Å². The fraction of sp³-hybridized carbons (Fsp3) is 0.200. The van der Waals surface area contributed by atoms with Crippen molar-refractivity contribution < 1.29 is 13.2 Å². The summed E-state index contributed by atoms with van der Waals surface area (Å²) in [4.78, 5) is 0. The van der Waals surface area contributed by atoms with Crippen LogP contribution in [-0.4, -0.2) is 0 Å². The average molecular weight is 344 g/mol. The molecule has 1 unspecified atom stereocenters. The largest absolute Gasteiger partial charge is 0.324 e. The molecule has 0 aliphatic rings. The summed E-state index contributed by atoms with van der Waals surface area (Å²) in [7, 11) is 0. The molecule has 20 heavy (non-hydrogen) atoms. The first-order valence-corrected chi connectivity index (χ1v) is 6.82. The highest BCUT2D eigenvalue weighted by Crippen LogP contribution is 2.24. The summed E-state index contributed by atoms with van der Waals surface area (Å²) in [5, 5.41) is 0.